The Balaban J connectivity index is 1.38. The number of ether oxygens (including phenoxy) is 1. The van der Waals surface area contributed by atoms with Crippen LogP contribution in [0.3, 0.4) is 0 Å². The summed E-state index contributed by atoms with van der Waals surface area (Å²) >= 11 is 0. The first-order valence-electron chi connectivity index (χ1n) is 8.63. The summed E-state index contributed by atoms with van der Waals surface area (Å²) in [6, 6.07) is 1.07. The monoisotopic (exact) mass is 319 g/mol. The molecule has 3 fully saturated rings. The lowest BCUT2D eigenvalue weighted by Gasteiger charge is -2.38. The second kappa shape index (κ2) is 6.20. The first-order chi connectivity index (χ1) is 11.2. The SMILES string of the molecule is CN1[C@H](Cn2cncn2)C[C@@H]2CN(C(=O)[C@H]3CCOC3)CC[C@@H]21. The second-order valence-corrected chi connectivity index (χ2v) is 7.13. The van der Waals surface area contributed by atoms with Gasteiger partial charge in [-0.25, -0.2) is 4.98 Å². The molecule has 4 heterocycles. The Morgan fingerprint density at radius 2 is 2.30 bits per heavy atom. The molecule has 3 aliphatic heterocycles. The Hall–Kier alpha value is -1.47. The molecule has 0 bridgehead atoms. The van der Waals surface area contributed by atoms with E-state index in [0.29, 0.717) is 30.5 Å². The third-order valence-electron chi connectivity index (χ3n) is 5.82. The molecule has 0 N–H and O–H groups in total. The van der Waals surface area contributed by atoms with Gasteiger partial charge in [-0.15, -0.1) is 0 Å². The van der Waals surface area contributed by atoms with E-state index in [-0.39, 0.29) is 5.92 Å². The molecule has 0 saturated carbocycles. The van der Waals surface area contributed by atoms with Crippen LogP contribution in [0.25, 0.3) is 0 Å². The fourth-order valence-electron chi connectivity index (χ4n) is 4.51. The van der Waals surface area contributed by atoms with Gasteiger partial charge in [0.2, 0.25) is 5.91 Å². The number of aromatic nitrogens is 3. The van der Waals surface area contributed by atoms with Crippen molar-refractivity contribution >= 4 is 5.91 Å². The highest BCUT2D eigenvalue weighted by atomic mass is 16.5. The minimum absolute atomic E-state index is 0.0941. The van der Waals surface area contributed by atoms with Gasteiger partial charge in [-0.05, 0) is 32.2 Å². The van der Waals surface area contributed by atoms with Crippen LogP contribution in [0.1, 0.15) is 19.3 Å². The molecule has 4 rings (SSSR count). The average Bonchev–Trinajstić information content (AvgIpc) is 3.30. The zero-order valence-electron chi connectivity index (χ0n) is 13.7. The predicted molar refractivity (Wildman–Crippen MR) is 83.6 cm³/mol. The standard InChI is InChI=1S/C16H25N5O2/c1-19-14(8-21-11-17-10-18-21)6-13-7-20(4-2-15(13)19)16(22)12-3-5-23-9-12/h10-15H,2-9H2,1H3/t12-,13+,14-,15-/m0/s1. The number of carbonyl (C=O) groups is 1. The van der Waals surface area contributed by atoms with Crippen LogP contribution >= 0.6 is 0 Å². The summed E-state index contributed by atoms with van der Waals surface area (Å²) < 4.78 is 7.29. The summed E-state index contributed by atoms with van der Waals surface area (Å²) in [7, 11) is 2.22. The molecule has 0 aliphatic carbocycles. The Bertz CT molecular complexity index is 543. The zero-order valence-corrected chi connectivity index (χ0v) is 13.7. The maximum absolute atomic E-state index is 12.6. The zero-order chi connectivity index (χ0) is 15.8. The molecule has 23 heavy (non-hydrogen) atoms. The summed E-state index contributed by atoms with van der Waals surface area (Å²) in [5, 5.41) is 4.23. The van der Waals surface area contributed by atoms with Crippen molar-refractivity contribution in [2.75, 3.05) is 33.4 Å². The second-order valence-electron chi connectivity index (χ2n) is 7.13. The van der Waals surface area contributed by atoms with Gasteiger partial charge in [0.1, 0.15) is 12.7 Å². The minimum atomic E-state index is 0.0941. The van der Waals surface area contributed by atoms with Crippen LogP contribution in [0.5, 0.6) is 0 Å². The van der Waals surface area contributed by atoms with Crippen molar-refractivity contribution < 1.29 is 9.53 Å². The van der Waals surface area contributed by atoms with E-state index in [1.807, 2.05) is 4.68 Å². The Kier molecular flexibility index (Phi) is 4.07. The number of nitrogens with zero attached hydrogens (tertiary/aromatic N) is 5. The maximum atomic E-state index is 12.6. The number of amides is 1. The third kappa shape index (κ3) is 2.87. The molecule has 7 nitrogen and oxygen atoms in total. The van der Waals surface area contributed by atoms with Crippen LogP contribution in [0.4, 0.5) is 0 Å². The summed E-state index contributed by atoms with van der Waals surface area (Å²) in [5.41, 5.74) is 0. The van der Waals surface area contributed by atoms with E-state index in [1.54, 1.807) is 12.7 Å². The molecule has 7 heteroatoms. The van der Waals surface area contributed by atoms with Gasteiger partial charge in [0.15, 0.2) is 0 Å². The van der Waals surface area contributed by atoms with E-state index in [2.05, 4.69) is 26.9 Å². The first-order valence-corrected chi connectivity index (χ1v) is 8.63. The highest BCUT2D eigenvalue weighted by Crippen LogP contribution is 2.35. The van der Waals surface area contributed by atoms with Crippen LogP contribution in [0.2, 0.25) is 0 Å². The number of piperidine rings is 1. The van der Waals surface area contributed by atoms with Crippen molar-refractivity contribution in [3.8, 4) is 0 Å². The number of fused-ring (bicyclic) bond motifs is 1. The molecule has 3 saturated heterocycles. The molecule has 0 spiro atoms. The van der Waals surface area contributed by atoms with Crippen molar-refractivity contribution in [2.24, 2.45) is 11.8 Å². The number of hydrogen-bond donors (Lipinski definition) is 0. The van der Waals surface area contributed by atoms with Crippen molar-refractivity contribution in [1.82, 2.24) is 24.6 Å². The van der Waals surface area contributed by atoms with Gasteiger partial charge >= 0.3 is 0 Å². The largest absolute Gasteiger partial charge is 0.381 e. The van der Waals surface area contributed by atoms with Crippen LogP contribution in [0.15, 0.2) is 12.7 Å². The lowest BCUT2D eigenvalue weighted by molar-refractivity contribution is -0.137. The molecule has 1 aromatic heterocycles. The molecule has 3 aliphatic rings. The Morgan fingerprint density at radius 3 is 3.04 bits per heavy atom. The van der Waals surface area contributed by atoms with Crippen molar-refractivity contribution in [1.29, 1.82) is 0 Å². The normalized spacial score (nSPS) is 34.7. The summed E-state index contributed by atoms with van der Waals surface area (Å²) in [6.45, 7) is 4.01. The Labute approximate surface area is 136 Å². The highest BCUT2D eigenvalue weighted by Gasteiger charge is 2.43. The molecule has 1 aromatic rings. The molecule has 126 valence electrons. The first kappa shape index (κ1) is 15.1. The van der Waals surface area contributed by atoms with E-state index in [0.717, 1.165) is 45.5 Å². The van der Waals surface area contributed by atoms with E-state index in [1.165, 1.54) is 0 Å². The fraction of sp³-hybridized carbons (Fsp3) is 0.812. The number of likely N-dealkylation sites (N-methyl/N-ethyl adjacent to an activating group) is 1. The summed E-state index contributed by atoms with van der Waals surface area (Å²) in [4.78, 5) is 21.2. The van der Waals surface area contributed by atoms with Crippen LogP contribution in [0, 0.1) is 11.8 Å². The molecular formula is C16H25N5O2. The quantitative estimate of drug-likeness (QED) is 0.798. The summed E-state index contributed by atoms with van der Waals surface area (Å²) in [5.74, 6) is 0.980. The Morgan fingerprint density at radius 1 is 1.39 bits per heavy atom. The van der Waals surface area contributed by atoms with Gasteiger partial charge in [-0.1, -0.05) is 0 Å². The van der Waals surface area contributed by atoms with Gasteiger partial charge in [0.05, 0.1) is 19.1 Å². The lowest BCUT2D eigenvalue weighted by Crippen LogP contribution is -2.49. The van der Waals surface area contributed by atoms with Crippen LogP contribution < -0.4 is 0 Å². The minimum Gasteiger partial charge on any atom is -0.381 e. The number of carbonyl (C=O) groups excluding carboxylic acids is 1. The van der Waals surface area contributed by atoms with Gasteiger partial charge in [0.25, 0.3) is 0 Å². The van der Waals surface area contributed by atoms with E-state index in [4.69, 9.17) is 4.74 Å². The van der Waals surface area contributed by atoms with E-state index >= 15 is 0 Å². The molecule has 0 aromatic carbocycles. The molecular weight excluding hydrogens is 294 g/mol. The molecule has 4 atom stereocenters. The summed E-state index contributed by atoms with van der Waals surface area (Å²) in [6.07, 6.45) is 6.47. The number of hydrogen-bond acceptors (Lipinski definition) is 5. The predicted octanol–water partition coefficient (Wildman–Crippen LogP) is 0.236. The van der Waals surface area contributed by atoms with Crippen molar-refractivity contribution in [2.45, 2.75) is 37.9 Å². The van der Waals surface area contributed by atoms with Crippen molar-refractivity contribution in [3.05, 3.63) is 12.7 Å². The van der Waals surface area contributed by atoms with Crippen molar-refractivity contribution in [3.63, 3.8) is 0 Å². The average molecular weight is 319 g/mol. The van der Waals surface area contributed by atoms with Gasteiger partial charge < -0.3 is 9.64 Å². The molecule has 1 amide bonds. The van der Waals surface area contributed by atoms with E-state index in [9.17, 15) is 4.79 Å². The fourth-order valence-corrected chi connectivity index (χ4v) is 4.51. The smallest absolute Gasteiger partial charge is 0.228 e. The van der Waals surface area contributed by atoms with Crippen LogP contribution in [-0.4, -0.2) is 75.9 Å². The highest BCUT2D eigenvalue weighted by molar-refractivity contribution is 5.79. The van der Waals surface area contributed by atoms with E-state index < -0.39 is 0 Å². The lowest BCUT2D eigenvalue weighted by atomic mass is 9.91. The van der Waals surface area contributed by atoms with Crippen LogP contribution in [-0.2, 0) is 16.1 Å². The van der Waals surface area contributed by atoms with Gasteiger partial charge in [-0.3, -0.25) is 14.4 Å². The van der Waals surface area contributed by atoms with Gasteiger partial charge in [-0.2, -0.15) is 5.10 Å². The maximum Gasteiger partial charge on any atom is 0.228 e. The molecule has 0 unspecified atom stereocenters. The van der Waals surface area contributed by atoms with Gasteiger partial charge in [0, 0.05) is 31.8 Å². The molecule has 0 radical (unpaired) electrons. The number of rotatable bonds is 3. The number of likely N-dealkylation sites (tertiary alicyclic amines) is 2. The third-order valence-corrected chi connectivity index (χ3v) is 5.82. The topological polar surface area (TPSA) is 63.5 Å².